The molecule has 0 aliphatic heterocycles. The van der Waals surface area contributed by atoms with E-state index in [1.54, 1.807) is 0 Å². The van der Waals surface area contributed by atoms with Crippen LogP contribution in [0.15, 0.2) is 12.1 Å². The number of ether oxygens (including phenoxy) is 2. The largest absolute Gasteiger partial charge is 0.513 e. The molecule has 26 heavy (non-hydrogen) atoms. The molecule has 0 saturated heterocycles. The number of phenolic OH excluding ortho intramolecular Hbond substituents is 2. The van der Waals surface area contributed by atoms with E-state index in [0.29, 0.717) is 6.42 Å². The van der Waals surface area contributed by atoms with Crippen LogP contribution in [0.1, 0.15) is 37.0 Å². The summed E-state index contributed by atoms with van der Waals surface area (Å²) in [5.74, 6) is -3.38. The van der Waals surface area contributed by atoms with Gasteiger partial charge in [-0.05, 0) is 30.4 Å². The highest BCUT2D eigenvalue weighted by Gasteiger charge is 2.20. The molecule has 0 aliphatic rings. The number of benzene rings is 1. The third kappa shape index (κ3) is 6.50. The normalized spacial score (nSPS) is 11.7. The molecule has 0 fully saturated rings. The van der Waals surface area contributed by atoms with Crippen LogP contribution in [0, 0.1) is 11.8 Å². The zero-order chi connectivity index (χ0) is 19.9. The van der Waals surface area contributed by atoms with Gasteiger partial charge in [0.05, 0.1) is 7.11 Å². The molecule has 9 nitrogen and oxygen atoms in total. The predicted octanol–water partition coefficient (Wildman–Crippen LogP) is 2.11. The van der Waals surface area contributed by atoms with Gasteiger partial charge in [0.25, 0.3) is 5.91 Å². The summed E-state index contributed by atoms with van der Waals surface area (Å²) in [6.07, 6.45) is -0.601. The van der Waals surface area contributed by atoms with E-state index in [1.807, 2.05) is 13.8 Å². The molecule has 1 aromatic carbocycles. The molecular formula is C17H23NO8. The van der Waals surface area contributed by atoms with E-state index in [2.05, 4.69) is 14.8 Å². The van der Waals surface area contributed by atoms with E-state index in [9.17, 15) is 24.6 Å². The summed E-state index contributed by atoms with van der Waals surface area (Å²) in [5, 5.41) is 30.9. The van der Waals surface area contributed by atoms with Crippen molar-refractivity contribution in [1.29, 1.82) is 0 Å². The van der Waals surface area contributed by atoms with Crippen molar-refractivity contribution in [3.05, 3.63) is 17.7 Å². The van der Waals surface area contributed by atoms with Crippen molar-refractivity contribution < 1.29 is 39.2 Å². The van der Waals surface area contributed by atoms with E-state index < -0.39 is 35.3 Å². The third-order valence-electron chi connectivity index (χ3n) is 3.50. The summed E-state index contributed by atoms with van der Waals surface area (Å²) >= 11 is 0. The van der Waals surface area contributed by atoms with Gasteiger partial charge in [0.1, 0.15) is 0 Å². The summed E-state index contributed by atoms with van der Waals surface area (Å²) in [4.78, 5) is 34.4. The zero-order valence-electron chi connectivity index (χ0n) is 14.8. The number of carbonyl (C=O) groups is 3. The molecule has 1 unspecified atom stereocenters. The Morgan fingerprint density at radius 1 is 1.19 bits per heavy atom. The van der Waals surface area contributed by atoms with Gasteiger partial charge in [0, 0.05) is 18.5 Å². The quantitative estimate of drug-likeness (QED) is 0.310. The lowest BCUT2D eigenvalue weighted by atomic mass is 9.94. The molecule has 1 rings (SSSR count). The molecule has 0 saturated carbocycles. The lowest BCUT2D eigenvalue weighted by Gasteiger charge is -2.18. The van der Waals surface area contributed by atoms with Crippen molar-refractivity contribution in [3.63, 3.8) is 0 Å². The number of hydrogen-bond acceptors (Lipinski definition) is 7. The van der Waals surface area contributed by atoms with Gasteiger partial charge in [0.15, 0.2) is 11.5 Å². The maximum Gasteiger partial charge on any atom is 0.513 e. The summed E-state index contributed by atoms with van der Waals surface area (Å²) in [7, 11) is 1.06. The Morgan fingerprint density at radius 3 is 2.38 bits per heavy atom. The number of rotatable bonds is 8. The second-order valence-electron chi connectivity index (χ2n) is 6.20. The topological polar surface area (TPSA) is 142 Å². The highest BCUT2D eigenvalue weighted by atomic mass is 16.7. The molecule has 9 heteroatoms. The van der Waals surface area contributed by atoms with Crippen molar-refractivity contribution in [2.24, 2.45) is 11.8 Å². The van der Waals surface area contributed by atoms with Gasteiger partial charge in [-0.3, -0.25) is 9.59 Å². The standard InChI is InChI=1S/C17H23NO8/c1-9(2)4-10(5-14(20)21)8-18-16(23)11-6-12(19)15(22)13(7-11)26-17(24)25-3/h6-7,9-10,19,22H,4-5,8H2,1-3H3,(H,18,23)(H,20,21). The van der Waals surface area contributed by atoms with Crippen LogP contribution in [0.3, 0.4) is 0 Å². The Balaban J connectivity index is 2.88. The molecule has 0 bridgehead atoms. The average Bonchev–Trinajstić information content (AvgIpc) is 2.55. The number of carboxylic acids is 1. The lowest BCUT2D eigenvalue weighted by Crippen LogP contribution is -2.31. The monoisotopic (exact) mass is 369 g/mol. The second-order valence-corrected chi connectivity index (χ2v) is 6.20. The van der Waals surface area contributed by atoms with Crippen LogP contribution in [-0.4, -0.2) is 47.0 Å². The van der Waals surface area contributed by atoms with Gasteiger partial charge >= 0.3 is 12.1 Å². The Hall–Kier alpha value is -2.97. The van der Waals surface area contributed by atoms with Gasteiger partial charge in [-0.25, -0.2) is 4.79 Å². The number of phenols is 2. The maximum atomic E-state index is 12.3. The minimum atomic E-state index is -1.13. The minimum Gasteiger partial charge on any atom is -0.504 e. The first-order valence-corrected chi connectivity index (χ1v) is 7.95. The van der Waals surface area contributed by atoms with Crippen molar-refractivity contribution in [2.75, 3.05) is 13.7 Å². The fourth-order valence-corrected chi connectivity index (χ4v) is 2.43. The molecule has 1 atom stereocenters. The maximum absolute atomic E-state index is 12.3. The van der Waals surface area contributed by atoms with Crippen molar-refractivity contribution in [3.8, 4) is 17.2 Å². The van der Waals surface area contributed by atoms with E-state index in [1.165, 1.54) is 0 Å². The lowest BCUT2D eigenvalue weighted by molar-refractivity contribution is -0.138. The molecular weight excluding hydrogens is 346 g/mol. The second kappa shape index (κ2) is 9.50. The summed E-state index contributed by atoms with van der Waals surface area (Å²) < 4.78 is 8.96. The molecule has 0 aliphatic carbocycles. The van der Waals surface area contributed by atoms with Crippen LogP contribution in [0.2, 0.25) is 0 Å². The molecule has 144 valence electrons. The van der Waals surface area contributed by atoms with E-state index >= 15 is 0 Å². The SMILES string of the molecule is COC(=O)Oc1cc(C(=O)NCC(CC(=O)O)CC(C)C)cc(O)c1O. The van der Waals surface area contributed by atoms with Crippen LogP contribution < -0.4 is 10.1 Å². The van der Waals surface area contributed by atoms with Gasteiger partial charge in [-0.15, -0.1) is 0 Å². The molecule has 0 heterocycles. The first-order chi connectivity index (χ1) is 12.1. The molecule has 1 aromatic rings. The minimum absolute atomic E-state index is 0.0715. The highest BCUT2D eigenvalue weighted by Crippen LogP contribution is 2.36. The smallest absolute Gasteiger partial charge is 0.504 e. The average molecular weight is 369 g/mol. The third-order valence-corrected chi connectivity index (χ3v) is 3.50. The number of carboxylic acid groups (broad SMARTS) is 1. The summed E-state index contributed by atoms with van der Waals surface area (Å²) in [5.41, 5.74) is -0.0715. The van der Waals surface area contributed by atoms with Gasteiger partial charge in [0.2, 0.25) is 5.75 Å². The van der Waals surface area contributed by atoms with Gasteiger partial charge in [-0.2, -0.15) is 0 Å². The predicted molar refractivity (Wildman–Crippen MR) is 90.3 cm³/mol. The Bertz CT molecular complexity index is 671. The van der Waals surface area contributed by atoms with Crippen LogP contribution in [0.4, 0.5) is 4.79 Å². The first-order valence-electron chi connectivity index (χ1n) is 7.95. The Labute approximate surface area is 150 Å². The number of methoxy groups -OCH3 is 1. The van der Waals surface area contributed by atoms with Crippen LogP contribution in [-0.2, 0) is 9.53 Å². The van der Waals surface area contributed by atoms with Crippen LogP contribution in [0.5, 0.6) is 17.2 Å². The number of hydrogen-bond donors (Lipinski definition) is 4. The van der Waals surface area contributed by atoms with E-state index in [0.717, 1.165) is 19.2 Å². The Kier molecular flexibility index (Phi) is 7.70. The molecule has 0 spiro atoms. The van der Waals surface area contributed by atoms with Crippen molar-refractivity contribution >= 4 is 18.0 Å². The van der Waals surface area contributed by atoms with Crippen molar-refractivity contribution in [2.45, 2.75) is 26.7 Å². The van der Waals surface area contributed by atoms with Gasteiger partial charge in [-0.1, -0.05) is 13.8 Å². The highest BCUT2D eigenvalue weighted by molar-refractivity contribution is 5.95. The Morgan fingerprint density at radius 2 is 1.85 bits per heavy atom. The zero-order valence-corrected chi connectivity index (χ0v) is 14.8. The van der Waals surface area contributed by atoms with Crippen molar-refractivity contribution in [1.82, 2.24) is 5.32 Å². The molecule has 4 N–H and O–H groups in total. The van der Waals surface area contributed by atoms with E-state index in [-0.39, 0.29) is 30.4 Å². The number of nitrogens with one attached hydrogen (secondary N) is 1. The molecule has 0 aromatic heterocycles. The number of amides is 1. The molecule has 1 amide bonds. The first kappa shape index (κ1) is 21.1. The molecule has 0 radical (unpaired) electrons. The van der Waals surface area contributed by atoms with Crippen LogP contribution >= 0.6 is 0 Å². The number of aliphatic carboxylic acids is 1. The summed E-state index contributed by atoms with van der Waals surface area (Å²) in [6.45, 7) is 4.02. The van der Waals surface area contributed by atoms with Crippen LogP contribution in [0.25, 0.3) is 0 Å². The summed E-state index contributed by atoms with van der Waals surface area (Å²) in [6, 6.07) is 2.07. The number of aromatic hydroxyl groups is 2. The van der Waals surface area contributed by atoms with Gasteiger partial charge < -0.3 is 30.1 Å². The fourth-order valence-electron chi connectivity index (χ4n) is 2.43. The fraction of sp³-hybridized carbons (Fsp3) is 0.471. The van der Waals surface area contributed by atoms with E-state index in [4.69, 9.17) is 5.11 Å². The number of carbonyl (C=O) groups excluding carboxylic acids is 2.